The van der Waals surface area contributed by atoms with E-state index in [9.17, 15) is 4.79 Å². The van der Waals surface area contributed by atoms with Gasteiger partial charge in [0.05, 0.1) is 12.2 Å². The molecule has 3 rings (SSSR count). The van der Waals surface area contributed by atoms with Crippen molar-refractivity contribution >= 4 is 11.6 Å². The maximum absolute atomic E-state index is 12.5. The van der Waals surface area contributed by atoms with E-state index in [1.165, 1.54) is 0 Å². The molecule has 1 aromatic carbocycles. The predicted molar refractivity (Wildman–Crippen MR) is 82.1 cm³/mol. The summed E-state index contributed by atoms with van der Waals surface area (Å²) < 4.78 is 1.97. The standard InChI is InChI=1S/C16H20N4O/c1-12(10-20-9-8-17-11-20)19-16(21)14-6-7-18-15-5-3-2-4-13(14)15/h2-5,8-9,11-12,14,18H,6-7,10H2,1H3,(H,19,21). The fourth-order valence-electron chi connectivity index (χ4n) is 2.84. The molecule has 1 aliphatic rings. The maximum atomic E-state index is 12.5. The number of benzene rings is 1. The zero-order valence-corrected chi connectivity index (χ0v) is 12.1. The molecule has 2 heterocycles. The molecule has 2 atom stereocenters. The molecule has 0 fully saturated rings. The van der Waals surface area contributed by atoms with Crippen LogP contribution in [0.4, 0.5) is 5.69 Å². The van der Waals surface area contributed by atoms with E-state index < -0.39 is 0 Å². The molecule has 1 aromatic heterocycles. The molecule has 0 bridgehead atoms. The molecule has 0 saturated heterocycles. The van der Waals surface area contributed by atoms with Gasteiger partial charge in [0.1, 0.15) is 0 Å². The van der Waals surface area contributed by atoms with Crippen LogP contribution in [0.25, 0.3) is 0 Å². The Morgan fingerprint density at radius 2 is 2.38 bits per heavy atom. The lowest BCUT2D eigenvalue weighted by molar-refractivity contribution is -0.123. The number of hydrogen-bond donors (Lipinski definition) is 2. The third-order valence-electron chi connectivity index (χ3n) is 3.83. The van der Waals surface area contributed by atoms with Gasteiger partial charge in [0.15, 0.2) is 0 Å². The van der Waals surface area contributed by atoms with Crippen LogP contribution in [0.2, 0.25) is 0 Å². The van der Waals surface area contributed by atoms with Crippen molar-refractivity contribution in [2.24, 2.45) is 0 Å². The molecular weight excluding hydrogens is 264 g/mol. The number of imidazole rings is 1. The van der Waals surface area contributed by atoms with Crippen LogP contribution >= 0.6 is 0 Å². The number of hydrogen-bond acceptors (Lipinski definition) is 3. The Kier molecular flexibility index (Phi) is 3.90. The molecule has 5 heteroatoms. The van der Waals surface area contributed by atoms with Gasteiger partial charge in [0.25, 0.3) is 0 Å². The van der Waals surface area contributed by atoms with E-state index >= 15 is 0 Å². The average Bonchev–Trinajstić information content (AvgIpc) is 2.99. The van der Waals surface area contributed by atoms with Crippen molar-refractivity contribution in [1.82, 2.24) is 14.9 Å². The molecule has 2 N–H and O–H groups in total. The Morgan fingerprint density at radius 1 is 1.52 bits per heavy atom. The van der Waals surface area contributed by atoms with Crippen molar-refractivity contribution in [2.75, 3.05) is 11.9 Å². The summed E-state index contributed by atoms with van der Waals surface area (Å²) in [4.78, 5) is 16.6. The topological polar surface area (TPSA) is 59.0 Å². The second kappa shape index (κ2) is 5.99. The van der Waals surface area contributed by atoms with Crippen LogP contribution < -0.4 is 10.6 Å². The maximum Gasteiger partial charge on any atom is 0.227 e. The van der Waals surface area contributed by atoms with Crippen LogP contribution in [0.5, 0.6) is 0 Å². The first-order valence-electron chi connectivity index (χ1n) is 7.33. The molecule has 1 aliphatic heterocycles. The Morgan fingerprint density at radius 3 is 3.19 bits per heavy atom. The van der Waals surface area contributed by atoms with Gasteiger partial charge in [-0.3, -0.25) is 4.79 Å². The van der Waals surface area contributed by atoms with E-state index in [1.807, 2.05) is 42.0 Å². The fourth-order valence-corrected chi connectivity index (χ4v) is 2.84. The summed E-state index contributed by atoms with van der Waals surface area (Å²) in [6.45, 7) is 3.59. The normalized spacial score (nSPS) is 18.4. The molecular formula is C16H20N4O. The molecule has 0 saturated carbocycles. The van der Waals surface area contributed by atoms with E-state index in [2.05, 4.69) is 15.6 Å². The van der Waals surface area contributed by atoms with Crippen molar-refractivity contribution in [3.63, 3.8) is 0 Å². The van der Waals surface area contributed by atoms with Gasteiger partial charge >= 0.3 is 0 Å². The van der Waals surface area contributed by atoms with Crippen LogP contribution in [-0.2, 0) is 11.3 Å². The summed E-state index contributed by atoms with van der Waals surface area (Å²) in [5.74, 6) is 0.0456. The Balaban J connectivity index is 1.66. The van der Waals surface area contributed by atoms with Crippen molar-refractivity contribution in [3.8, 4) is 0 Å². The molecule has 1 amide bonds. The summed E-state index contributed by atoms with van der Waals surface area (Å²) in [5.41, 5.74) is 2.17. The molecule has 0 aliphatic carbocycles. The number of anilines is 1. The number of fused-ring (bicyclic) bond motifs is 1. The highest BCUT2D eigenvalue weighted by Gasteiger charge is 2.26. The molecule has 110 valence electrons. The van der Waals surface area contributed by atoms with Gasteiger partial charge in [-0.25, -0.2) is 4.98 Å². The molecule has 0 spiro atoms. The average molecular weight is 284 g/mol. The number of carbonyl (C=O) groups excluding carboxylic acids is 1. The predicted octanol–water partition coefficient (Wildman–Crippen LogP) is 1.99. The van der Waals surface area contributed by atoms with Gasteiger partial charge in [-0.15, -0.1) is 0 Å². The number of nitrogens with zero attached hydrogens (tertiary/aromatic N) is 2. The molecule has 21 heavy (non-hydrogen) atoms. The van der Waals surface area contributed by atoms with E-state index in [-0.39, 0.29) is 17.9 Å². The third kappa shape index (κ3) is 3.07. The fraction of sp³-hybridized carbons (Fsp3) is 0.375. The molecule has 5 nitrogen and oxygen atoms in total. The van der Waals surface area contributed by atoms with Crippen LogP contribution in [0, 0.1) is 0 Å². The highest BCUT2D eigenvalue weighted by molar-refractivity contribution is 5.86. The SMILES string of the molecule is CC(Cn1ccnc1)NC(=O)C1CCNc2ccccc21. The van der Waals surface area contributed by atoms with E-state index in [1.54, 1.807) is 12.5 Å². The first kappa shape index (κ1) is 13.7. The Hall–Kier alpha value is -2.30. The summed E-state index contributed by atoms with van der Waals surface area (Å²) in [6.07, 6.45) is 6.25. The second-order valence-electron chi connectivity index (χ2n) is 5.52. The number of carbonyl (C=O) groups is 1. The monoisotopic (exact) mass is 284 g/mol. The van der Waals surface area contributed by atoms with Gasteiger partial charge in [0.2, 0.25) is 5.91 Å². The van der Waals surface area contributed by atoms with Gasteiger partial charge in [-0.1, -0.05) is 18.2 Å². The van der Waals surface area contributed by atoms with Crippen molar-refractivity contribution in [1.29, 1.82) is 0 Å². The number of para-hydroxylation sites is 1. The van der Waals surface area contributed by atoms with Gasteiger partial charge in [0, 0.05) is 37.2 Å². The quantitative estimate of drug-likeness (QED) is 0.902. The minimum absolute atomic E-state index is 0.0623. The lowest BCUT2D eigenvalue weighted by Crippen LogP contribution is -2.40. The second-order valence-corrected chi connectivity index (χ2v) is 5.52. The van der Waals surface area contributed by atoms with Crippen LogP contribution in [-0.4, -0.2) is 28.0 Å². The van der Waals surface area contributed by atoms with Crippen molar-refractivity contribution < 1.29 is 4.79 Å². The van der Waals surface area contributed by atoms with Crippen LogP contribution in [0.3, 0.4) is 0 Å². The number of rotatable bonds is 4. The first-order valence-corrected chi connectivity index (χ1v) is 7.33. The minimum atomic E-state index is -0.0623. The first-order chi connectivity index (χ1) is 10.2. The molecule has 0 radical (unpaired) electrons. The van der Waals surface area contributed by atoms with Crippen molar-refractivity contribution in [3.05, 3.63) is 48.5 Å². The number of amides is 1. The highest BCUT2D eigenvalue weighted by atomic mass is 16.1. The lowest BCUT2D eigenvalue weighted by atomic mass is 9.90. The van der Waals surface area contributed by atoms with Crippen molar-refractivity contribution in [2.45, 2.75) is 31.8 Å². The molecule has 2 unspecified atom stereocenters. The lowest BCUT2D eigenvalue weighted by Gasteiger charge is -2.27. The Labute approximate surface area is 124 Å². The van der Waals surface area contributed by atoms with E-state index in [4.69, 9.17) is 0 Å². The van der Waals surface area contributed by atoms with E-state index in [0.29, 0.717) is 0 Å². The number of aromatic nitrogens is 2. The highest BCUT2D eigenvalue weighted by Crippen LogP contribution is 2.31. The zero-order chi connectivity index (χ0) is 14.7. The smallest absolute Gasteiger partial charge is 0.227 e. The van der Waals surface area contributed by atoms with E-state index in [0.717, 1.165) is 30.8 Å². The largest absolute Gasteiger partial charge is 0.385 e. The minimum Gasteiger partial charge on any atom is -0.385 e. The zero-order valence-electron chi connectivity index (χ0n) is 12.1. The molecule has 2 aromatic rings. The summed E-state index contributed by atoms with van der Waals surface area (Å²) in [5, 5.41) is 6.46. The summed E-state index contributed by atoms with van der Waals surface area (Å²) in [6, 6.07) is 8.12. The van der Waals surface area contributed by atoms with Gasteiger partial charge in [-0.2, -0.15) is 0 Å². The van der Waals surface area contributed by atoms with Crippen LogP contribution in [0.15, 0.2) is 43.0 Å². The third-order valence-corrected chi connectivity index (χ3v) is 3.83. The Bertz CT molecular complexity index is 608. The van der Waals surface area contributed by atoms with Gasteiger partial charge in [-0.05, 0) is 25.0 Å². The number of nitrogens with one attached hydrogen (secondary N) is 2. The van der Waals surface area contributed by atoms with Crippen LogP contribution in [0.1, 0.15) is 24.8 Å². The summed E-state index contributed by atoms with van der Waals surface area (Å²) >= 11 is 0. The van der Waals surface area contributed by atoms with Gasteiger partial charge < -0.3 is 15.2 Å². The summed E-state index contributed by atoms with van der Waals surface area (Å²) in [7, 11) is 0.